The first-order valence-corrected chi connectivity index (χ1v) is 5.47. The number of para-hydroxylation sites is 1. The molecule has 5 heteroatoms. The Kier molecular flexibility index (Phi) is 3.75. The Hall–Kier alpha value is -2.43. The number of carboxylic acids is 1. The summed E-state index contributed by atoms with van der Waals surface area (Å²) in [6, 6.07) is 9.00. The van der Waals surface area contributed by atoms with E-state index >= 15 is 0 Å². The third-order valence-electron chi connectivity index (χ3n) is 2.51. The van der Waals surface area contributed by atoms with Crippen LogP contribution in [0.25, 0.3) is 0 Å². The van der Waals surface area contributed by atoms with Crippen molar-refractivity contribution < 1.29 is 23.4 Å². The first-order chi connectivity index (χ1) is 9.08. The van der Waals surface area contributed by atoms with Gasteiger partial charge in [-0.1, -0.05) is 12.1 Å². The Balaban J connectivity index is 2.19. The van der Waals surface area contributed by atoms with Gasteiger partial charge in [-0.25, -0.2) is 13.6 Å². The third kappa shape index (κ3) is 3.07. The number of carbonyl (C=O) groups is 1. The molecule has 0 fully saturated rings. The Bertz CT molecular complexity index is 611. The normalized spacial score (nSPS) is 10.2. The maximum Gasteiger partial charge on any atom is 0.339 e. The number of halogens is 2. The van der Waals surface area contributed by atoms with Gasteiger partial charge in [-0.15, -0.1) is 0 Å². The van der Waals surface area contributed by atoms with Gasteiger partial charge in [0, 0.05) is 5.56 Å². The zero-order valence-corrected chi connectivity index (χ0v) is 9.77. The van der Waals surface area contributed by atoms with E-state index in [0.29, 0.717) is 0 Å². The summed E-state index contributed by atoms with van der Waals surface area (Å²) in [6.07, 6.45) is 0. The van der Waals surface area contributed by atoms with Gasteiger partial charge < -0.3 is 9.84 Å². The van der Waals surface area contributed by atoms with E-state index in [9.17, 15) is 13.6 Å². The summed E-state index contributed by atoms with van der Waals surface area (Å²) in [5, 5.41) is 8.95. The lowest BCUT2D eigenvalue weighted by atomic mass is 10.2. The second-order valence-electron chi connectivity index (χ2n) is 3.83. The van der Waals surface area contributed by atoms with Crippen LogP contribution < -0.4 is 4.74 Å². The summed E-state index contributed by atoms with van der Waals surface area (Å²) >= 11 is 0. The highest BCUT2D eigenvalue weighted by Gasteiger charge is 2.11. The molecule has 2 rings (SSSR count). The largest absolute Gasteiger partial charge is 0.488 e. The van der Waals surface area contributed by atoms with E-state index in [2.05, 4.69) is 0 Å². The zero-order chi connectivity index (χ0) is 13.8. The monoisotopic (exact) mass is 264 g/mol. The lowest BCUT2D eigenvalue weighted by molar-refractivity contribution is 0.0691. The van der Waals surface area contributed by atoms with E-state index in [-0.39, 0.29) is 23.5 Å². The number of aromatic carboxylic acids is 1. The van der Waals surface area contributed by atoms with Crippen molar-refractivity contribution in [3.8, 4) is 5.75 Å². The highest BCUT2D eigenvalue weighted by molar-refractivity contribution is 5.90. The average Bonchev–Trinajstić information content (AvgIpc) is 2.40. The predicted molar refractivity (Wildman–Crippen MR) is 64.1 cm³/mol. The standard InChI is InChI=1S/C14H10F2O3/c15-10-5-6-12(16)9(7-10)8-19-13-4-2-1-3-11(13)14(17)18/h1-7H,8H2,(H,17,18). The maximum absolute atomic E-state index is 13.4. The molecule has 0 aliphatic carbocycles. The van der Waals surface area contributed by atoms with Crippen molar-refractivity contribution in [1.29, 1.82) is 0 Å². The first-order valence-electron chi connectivity index (χ1n) is 5.47. The Labute approximate surface area is 108 Å². The van der Waals surface area contributed by atoms with Crippen LogP contribution in [0.1, 0.15) is 15.9 Å². The fraction of sp³-hybridized carbons (Fsp3) is 0.0714. The molecule has 0 unspecified atom stereocenters. The van der Waals surface area contributed by atoms with Crippen molar-refractivity contribution in [2.45, 2.75) is 6.61 Å². The summed E-state index contributed by atoms with van der Waals surface area (Å²) in [5.74, 6) is -2.21. The van der Waals surface area contributed by atoms with Crippen LogP contribution in [0.2, 0.25) is 0 Å². The average molecular weight is 264 g/mol. The molecule has 1 N–H and O–H groups in total. The minimum Gasteiger partial charge on any atom is -0.488 e. The SMILES string of the molecule is O=C(O)c1ccccc1OCc1cc(F)ccc1F. The van der Waals surface area contributed by atoms with Crippen LogP contribution in [0.5, 0.6) is 5.75 Å². The molecule has 0 radical (unpaired) electrons. The maximum atomic E-state index is 13.4. The van der Waals surface area contributed by atoms with Crippen LogP contribution in [0.4, 0.5) is 8.78 Å². The van der Waals surface area contributed by atoms with Crippen molar-refractivity contribution in [3.63, 3.8) is 0 Å². The van der Waals surface area contributed by atoms with Gasteiger partial charge in [-0.05, 0) is 30.3 Å². The quantitative estimate of drug-likeness (QED) is 0.922. The van der Waals surface area contributed by atoms with E-state index in [1.165, 1.54) is 12.1 Å². The predicted octanol–water partition coefficient (Wildman–Crippen LogP) is 3.24. The van der Waals surface area contributed by atoms with Gasteiger partial charge >= 0.3 is 5.97 Å². The molecule has 0 atom stereocenters. The molecule has 0 aliphatic heterocycles. The van der Waals surface area contributed by atoms with E-state index in [1.54, 1.807) is 12.1 Å². The molecule has 0 aromatic heterocycles. The van der Waals surface area contributed by atoms with Gasteiger partial charge in [0.1, 0.15) is 29.6 Å². The van der Waals surface area contributed by atoms with Crippen molar-refractivity contribution >= 4 is 5.97 Å². The molecular formula is C14H10F2O3. The second-order valence-corrected chi connectivity index (χ2v) is 3.83. The molecule has 98 valence electrons. The number of hydrogen-bond acceptors (Lipinski definition) is 2. The van der Waals surface area contributed by atoms with E-state index < -0.39 is 17.6 Å². The van der Waals surface area contributed by atoms with Crippen molar-refractivity contribution in [2.75, 3.05) is 0 Å². The summed E-state index contributed by atoms with van der Waals surface area (Å²) < 4.78 is 31.6. The van der Waals surface area contributed by atoms with Crippen molar-refractivity contribution in [3.05, 3.63) is 65.2 Å². The molecule has 2 aromatic carbocycles. The number of benzene rings is 2. The van der Waals surface area contributed by atoms with Gasteiger partial charge in [0.2, 0.25) is 0 Å². The molecule has 0 spiro atoms. The van der Waals surface area contributed by atoms with Crippen LogP contribution in [0, 0.1) is 11.6 Å². The van der Waals surface area contributed by atoms with Crippen LogP contribution in [0.15, 0.2) is 42.5 Å². The number of carboxylic acid groups (broad SMARTS) is 1. The van der Waals surface area contributed by atoms with Gasteiger partial charge in [0.15, 0.2) is 0 Å². The van der Waals surface area contributed by atoms with Crippen LogP contribution in [0.3, 0.4) is 0 Å². The molecule has 0 aliphatic rings. The number of rotatable bonds is 4. The molecule has 0 saturated carbocycles. The lowest BCUT2D eigenvalue weighted by Crippen LogP contribution is -2.04. The minimum atomic E-state index is -1.14. The van der Waals surface area contributed by atoms with E-state index in [4.69, 9.17) is 9.84 Å². The zero-order valence-electron chi connectivity index (χ0n) is 9.77. The number of ether oxygens (including phenoxy) is 1. The number of hydrogen-bond donors (Lipinski definition) is 1. The Morgan fingerprint density at radius 3 is 2.63 bits per heavy atom. The van der Waals surface area contributed by atoms with Gasteiger partial charge in [-0.3, -0.25) is 0 Å². The molecule has 0 saturated heterocycles. The molecular weight excluding hydrogens is 254 g/mol. The first kappa shape index (κ1) is 13.0. The molecule has 0 amide bonds. The fourth-order valence-corrected chi connectivity index (χ4v) is 1.58. The highest BCUT2D eigenvalue weighted by atomic mass is 19.1. The van der Waals surface area contributed by atoms with Gasteiger partial charge in [-0.2, -0.15) is 0 Å². The molecule has 19 heavy (non-hydrogen) atoms. The van der Waals surface area contributed by atoms with Gasteiger partial charge in [0.25, 0.3) is 0 Å². The summed E-state index contributed by atoms with van der Waals surface area (Å²) in [7, 11) is 0. The lowest BCUT2D eigenvalue weighted by Gasteiger charge is -2.09. The summed E-state index contributed by atoms with van der Waals surface area (Å²) in [5.41, 5.74) is -0.000460. The molecule has 3 nitrogen and oxygen atoms in total. The summed E-state index contributed by atoms with van der Waals surface area (Å²) in [4.78, 5) is 10.9. The highest BCUT2D eigenvalue weighted by Crippen LogP contribution is 2.20. The second kappa shape index (κ2) is 5.48. The summed E-state index contributed by atoms with van der Waals surface area (Å²) in [6.45, 7) is -0.242. The van der Waals surface area contributed by atoms with Crippen molar-refractivity contribution in [2.24, 2.45) is 0 Å². The van der Waals surface area contributed by atoms with Gasteiger partial charge in [0.05, 0.1) is 0 Å². The smallest absolute Gasteiger partial charge is 0.339 e. The van der Waals surface area contributed by atoms with E-state index in [1.807, 2.05) is 0 Å². The Morgan fingerprint density at radius 1 is 1.16 bits per heavy atom. The molecule has 2 aromatic rings. The molecule has 0 heterocycles. The van der Waals surface area contributed by atoms with Crippen LogP contribution in [-0.2, 0) is 6.61 Å². The van der Waals surface area contributed by atoms with Crippen molar-refractivity contribution in [1.82, 2.24) is 0 Å². The topological polar surface area (TPSA) is 46.5 Å². The minimum absolute atomic E-state index is 0.0280. The third-order valence-corrected chi connectivity index (χ3v) is 2.51. The Morgan fingerprint density at radius 2 is 1.89 bits per heavy atom. The van der Waals surface area contributed by atoms with Crippen LogP contribution >= 0.6 is 0 Å². The fourth-order valence-electron chi connectivity index (χ4n) is 1.58. The van der Waals surface area contributed by atoms with E-state index in [0.717, 1.165) is 18.2 Å². The molecule has 0 bridgehead atoms. The van der Waals surface area contributed by atoms with Crippen LogP contribution in [-0.4, -0.2) is 11.1 Å².